The van der Waals surface area contributed by atoms with Crippen LogP contribution in [0.25, 0.3) is 0 Å². The number of ether oxygens (including phenoxy) is 1. The zero-order valence-electron chi connectivity index (χ0n) is 19.3. The molecule has 7 heteroatoms. The van der Waals surface area contributed by atoms with Gasteiger partial charge in [-0.15, -0.1) is 0 Å². The highest BCUT2D eigenvalue weighted by Gasteiger charge is 2.33. The zero-order valence-corrected chi connectivity index (χ0v) is 19.3. The van der Waals surface area contributed by atoms with Crippen molar-refractivity contribution in [1.29, 1.82) is 0 Å². The van der Waals surface area contributed by atoms with E-state index in [2.05, 4.69) is 17.1 Å². The number of nitrogens with one attached hydrogen (secondary N) is 1. The summed E-state index contributed by atoms with van der Waals surface area (Å²) >= 11 is 0. The molecule has 0 radical (unpaired) electrons. The molecule has 2 amide bonds. The minimum Gasteiger partial charge on any atom is -0.480 e. The summed E-state index contributed by atoms with van der Waals surface area (Å²) in [6, 6.07) is 5.72. The summed E-state index contributed by atoms with van der Waals surface area (Å²) in [4.78, 5) is 29.6. The van der Waals surface area contributed by atoms with Crippen LogP contribution < -0.4 is 10.2 Å². The van der Waals surface area contributed by atoms with E-state index in [1.54, 1.807) is 35.0 Å². The average Bonchev–Trinajstić information content (AvgIpc) is 2.78. The molecule has 1 saturated heterocycles. The van der Waals surface area contributed by atoms with Crippen LogP contribution in [0.2, 0.25) is 0 Å². The largest absolute Gasteiger partial charge is 0.480 e. The molecule has 2 aliphatic heterocycles. The first-order valence-corrected chi connectivity index (χ1v) is 11.0. The molecule has 170 valence electrons. The van der Waals surface area contributed by atoms with E-state index in [9.17, 15) is 9.59 Å². The molecule has 3 rings (SSSR count). The summed E-state index contributed by atoms with van der Waals surface area (Å²) in [7, 11) is 0. The van der Waals surface area contributed by atoms with Crippen LogP contribution in [-0.4, -0.2) is 59.1 Å². The Balaban J connectivity index is 1.67. The summed E-state index contributed by atoms with van der Waals surface area (Å²) < 4.78 is 6.11. The highest BCUT2D eigenvalue weighted by molar-refractivity contribution is 6.03. The number of carbonyl (C=O) groups excluding carboxylic acids is 2. The molecule has 32 heavy (non-hydrogen) atoms. The monoisotopic (exact) mass is 436 g/mol. The molecule has 1 aromatic carbocycles. The van der Waals surface area contributed by atoms with Gasteiger partial charge in [0.15, 0.2) is 6.10 Å². The van der Waals surface area contributed by atoms with Gasteiger partial charge in [0.05, 0.1) is 12.3 Å². The van der Waals surface area contributed by atoms with Gasteiger partial charge in [-0.3, -0.25) is 9.59 Å². The highest BCUT2D eigenvalue weighted by Crippen LogP contribution is 2.27. The number of carbonyl (C=O) groups is 2. The molecule has 2 unspecified atom stereocenters. The average molecular weight is 437 g/mol. The van der Waals surface area contributed by atoms with Gasteiger partial charge in [0, 0.05) is 36.8 Å². The number of hydrazone groups is 1. The predicted octanol–water partition coefficient (Wildman–Crippen LogP) is 3.03. The summed E-state index contributed by atoms with van der Waals surface area (Å²) in [6.07, 6.45) is 6.29. The quantitative estimate of drug-likeness (QED) is 0.550. The van der Waals surface area contributed by atoms with Crippen molar-refractivity contribution in [2.24, 2.45) is 5.10 Å². The second-order valence-corrected chi connectivity index (χ2v) is 8.07. The van der Waals surface area contributed by atoms with Gasteiger partial charge in [0.1, 0.15) is 5.75 Å². The fourth-order valence-corrected chi connectivity index (χ4v) is 4.16. The van der Waals surface area contributed by atoms with Crippen molar-refractivity contribution in [2.75, 3.05) is 19.6 Å². The number of nitrogens with zero attached hydrogens (tertiary/aromatic N) is 3. The van der Waals surface area contributed by atoms with Gasteiger partial charge in [0.25, 0.3) is 11.8 Å². The molecule has 0 aliphatic carbocycles. The molecule has 0 bridgehead atoms. The lowest BCUT2D eigenvalue weighted by Crippen LogP contribution is -2.57. The number of piperazine rings is 1. The normalized spacial score (nSPS) is 19.7. The fourth-order valence-electron chi connectivity index (χ4n) is 4.16. The van der Waals surface area contributed by atoms with Gasteiger partial charge in [-0.05, 0) is 39.3 Å². The number of fused-ring (bicyclic) bond motifs is 1. The topological polar surface area (TPSA) is 74.2 Å². The molecular formula is C25H32N4O3. The first-order chi connectivity index (χ1) is 15.4. The Morgan fingerprint density at radius 3 is 2.81 bits per heavy atom. The van der Waals surface area contributed by atoms with Gasteiger partial charge in [-0.1, -0.05) is 43.0 Å². The van der Waals surface area contributed by atoms with Crippen molar-refractivity contribution in [2.45, 2.75) is 46.4 Å². The van der Waals surface area contributed by atoms with E-state index in [1.807, 2.05) is 45.0 Å². The zero-order chi connectivity index (χ0) is 23.3. The molecule has 7 nitrogen and oxygen atoms in total. The van der Waals surface area contributed by atoms with E-state index in [0.717, 1.165) is 16.8 Å². The molecule has 1 N–H and O–H groups in total. The Kier molecular flexibility index (Phi) is 7.51. The lowest BCUT2D eigenvalue weighted by atomic mass is 10.0. The van der Waals surface area contributed by atoms with Gasteiger partial charge in [-0.25, -0.2) is 0 Å². The number of rotatable bonds is 6. The van der Waals surface area contributed by atoms with Gasteiger partial charge in [0.2, 0.25) is 0 Å². The Hall–Kier alpha value is -3.35. The van der Waals surface area contributed by atoms with Crippen LogP contribution in [0.5, 0.6) is 5.75 Å². The molecule has 2 aliphatic rings. The number of amides is 2. The maximum absolute atomic E-state index is 13.2. The molecule has 1 aromatic rings. The van der Waals surface area contributed by atoms with Gasteiger partial charge in [-0.2, -0.15) is 5.10 Å². The Morgan fingerprint density at radius 1 is 1.34 bits per heavy atom. The maximum Gasteiger partial charge on any atom is 0.263 e. The Morgan fingerprint density at radius 2 is 2.12 bits per heavy atom. The van der Waals surface area contributed by atoms with Crippen LogP contribution in [-0.2, 0) is 16.1 Å². The molecule has 1 fully saturated rings. The molecule has 0 spiro atoms. The van der Waals surface area contributed by atoms with Gasteiger partial charge < -0.3 is 20.0 Å². The van der Waals surface area contributed by atoms with E-state index < -0.39 is 6.10 Å². The maximum atomic E-state index is 13.2. The minimum atomic E-state index is -0.645. The van der Waals surface area contributed by atoms with Crippen LogP contribution in [0.15, 0.2) is 59.8 Å². The third kappa shape index (κ3) is 4.93. The fraction of sp³-hybridized carbons (Fsp3) is 0.400. The minimum absolute atomic E-state index is 0.0504. The third-order valence-electron chi connectivity index (χ3n) is 5.73. The van der Waals surface area contributed by atoms with Crippen LogP contribution in [0.4, 0.5) is 0 Å². The summed E-state index contributed by atoms with van der Waals surface area (Å²) in [5.74, 6) is 0.532. The molecule has 2 heterocycles. The number of allylic oxidation sites excluding steroid dienone is 3. The molecular weight excluding hydrogens is 404 g/mol. The van der Waals surface area contributed by atoms with Crippen LogP contribution >= 0.6 is 0 Å². The molecule has 0 aromatic heterocycles. The lowest BCUT2D eigenvalue weighted by molar-refractivity contribution is -0.145. The van der Waals surface area contributed by atoms with Crippen molar-refractivity contribution in [1.82, 2.24) is 15.2 Å². The van der Waals surface area contributed by atoms with Crippen molar-refractivity contribution < 1.29 is 14.3 Å². The summed E-state index contributed by atoms with van der Waals surface area (Å²) in [5, 5.41) is 4.29. The van der Waals surface area contributed by atoms with Crippen LogP contribution in [0.1, 0.15) is 38.8 Å². The van der Waals surface area contributed by atoms with E-state index in [0.29, 0.717) is 37.5 Å². The van der Waals surface area contributed by atoms with E-state index >= 15 is 0 Å². The van der Waals surface area contributed by atoms with Crippen molar-refractivity contribution >= 4 is 17.5 Å². The van der Waals surface area contributed by atoms with Crippen molar-refractivity contribution in [3.63, 3.8) is 0 Å². The summed E-state index contributed by atoms with van der Waals surface area (Å²) in [5.41, 5.74) is 6.47. The van der Waals surface area contributed by atoms with E-state index in [1.165, 1.54) is 0 Å². The number of hydrogen-bond donors (Lipinski definition) is 1. The standard InChI is InChI=1S/C25H32N4O3/c1-6-9-20(10-7-2)25(31)28-13-14-29(17(3)16-28)24(30)19(5)32-22-12-8-11-21-15-26-27-18(4)23(21)22/h6-12,17,19,26H,1,13-16H2,2-5H3/b10-7-,20-9+. The van der Waals surface area contributed by atoms with Crippen LogP contribution in [0, 0.1) is 0 Å². The lowest BCUT2D eigenvalue weighted by Gasteiger charge is -2.41. The van der Waals surface area contributed by atoms with E-state index in [4.69, 9.17) is 4.74 Å². The molecule has 2 atom stereocenters. The van der Waals surface area contributed by atoms with Crippen molar-refractivity contribution in [3.8, 4) is 5.75 Å². The summed E-state index contributed by atoms with van der Waals surface area (Å²) in [6.45, 7) is 13.3. The first kappa shape index (κ1) is 23.3. The Bertz CT molecular complexity index is 979. The van der Waals surface area contributed by atoms with Gasteiger partial charge >= 0.3 is 0 Å². The van der Waals surface area contributed by atoms with E-state index in [-0.39, 0.29) is 17.9 Å². The first-order valence-electron chi connectivity index (χ1n) is 11.0. The predicted molar refractivity (Wildman–Crippen MR) is 126 cm³/mol. The number of benzene rings is 1. The highest BCUT2D eigenvalue weighted by atomic mass is 16.5. The second-order valence-electron chi connectivity index (χ2n) is 8.07. The SMILES string of the molecule is C=C/C=C(\C=C/C)C(=O)N1CCN(C(=O)C(C)Oc2cccc3c2C(C)=NNC3)C(C)C1. The molecule has 0 saturated carbocycles. The van der Waals surface area contributed by atoms with Crippen molar-refractivity contribution in [3.05, 3.63) is 65.8 Å². The smallest absolute Gasteiger partial charge is 0.263 e. The number of hydrogen-bond acceptors (Lipinski definition) is 5. The second kappa shape index (κ2) is 10.3. The van der Waals surface area contributed by atoms with Crippen LogP contribution in [0.3, 0.4) is 0 Å². The third-order valence-corrected chi connectivity index (χ3v) is 5.73. The Labute approximate surface area is 190 Å².